The van der Waals surface area contributed by atoms with Crippen LogP contribution in [-0.4, -0.2) is 28.0 Å². The quantitative estimate of drug-likeness (QED) is 0.656. The van der Waals surface area contributed by atoms with Crippen molar-refractivity contribution in [1.82, 2.24) is 15.3 Å². The molecule has 5 nitrogen and oxygen atoms in total. The number of amides is 1. The lowest BCUT2D eigenvalue weighted by Gasteiger charge is -2.28. The highest BCUT2D eigenvalue weighted by Crippen LogP contribution is 2.33. The third-order valence-corrected chi connectivity index (χ3v) is 5.89. The number of hydrogen-bond acceptors (Lipinski definition) is 3. The topological polar surface area (TPSA) is 69.8 Å². The van der Waals surface area contributed by atoms with Crippen molar-refractivity contribution in [2.45, 2.75) is 44.2 Å². The molecule has 2 fully saturated rings. The number of piperidine rings is 1. The summed E-state index contributed by atoms with van der Waals surface area (Å²) in [7, 11) is 0. The molecule has 0 spiro atoms. The standard InChI is InChI=1S/C22H24N4O/c27-21(13-14-11-15-9-10-16(12-14)23-15)24-18-6-2-1-5-17(18)22-25-19-7-3-4-8-20(19)26-22/h1-8,14-16,23H,9-13H2,(H,24,27)(H,25,26). The molecule has 1 aromatic heterocycles. The second kappa shape index (κ2) is 6.82. The Morgan fingerprint density at radius 2 is 1.78 bits per heavy atom. The van der Waals surface area contributed by atoms with E-state index < -0.39 is 0 Å². The number of nitrogens with zero attached hydrogens (tertiary/aromatic N) is 1. The van der Waals surface area contributed by atoms with Gasteiger partial charge in [-0.2, -0.15) is 0 Å². The molecule has 3 N–H and O–H groups in total. The van der Waals surface area contributed by atoms with Gasteiger partial charge in [0.1, 0.15) is 5.82 Å². The van der Waals surface area contributed by atoms with Crippen LogP contribution in [0.5, 0.6) is 0 Å². The summed E-state index contributed by atoms with van der Waals surface area (Å²) in [5, 5.41) is 6.77. The van der Waals surface area contributed by atoms with Crippen molar-refractivity contribution in [2.24, 2.45) is 5.92 Å². The van der Waals surface area contributed by atoms with E-state index in [1.165, 1.54) is 12.8 Å². The highest BCUT2D eigenvalue weighted by Gasteiger charge is 2.34. The monoisotopic (exact) mass is 360 g/mol. The Balaban J connectivity index is 1.34. The zero-order chi connectivity index (χ0) is 18.2. The third kappa shape index (κ3) is 3.35. The number of nitrogens with one attached hydrogen (secondary N) is 3. The van der Waals surface area contributed by atoms with Crippen LogP contribution in [0.4, 0.5) is 5.69 Å². The van der Waals surface area contributed by atoms with E-state index in [2.05, 4.69) is 20.6 Å². The highest BCUT2D eigenvalue weighted by molar-refractivity contribution is 5.95. The fourth-order valence-corrected chi connectivity index (χ4v) is 4.68. The Labute approximate surface area is 158 Å². The molecule has 2 unspecified atom stereocenters. The molecule has 0 saturated carbocycles. The van der Waals surface area contributed by atoms with Crippen LogP contribution in [0.2, 0.25) is 0 Å². The summed E-state index contributed by atoms with van der Waals surface area (Å²) in [6.45, 7) is 0. The molecule has 2 saturated heterocycles. The molecule has 2 aliphatic rings. The molecule has 2 atom stereocenters. The summed E-state index contributed by atoms with van der Waals surface area (Å²) in [5.74, 6) is 1.37. The average molecular weight is 360 g/mol. The summed E-state index contributed by atoms with van der Waals surface area (Å²) >= 11 is 0. The van der Waals surface area contributed by atoms with Crippen LogP contribution >= 0.6 is 0 Å². The van der Waals surface area contributed by atoms with E-state index in [-0.39, 0.29) is 5.91 Å². The predicted molar refractivity (Wildman–Crippen MR) is 107 cm³/mol. The summed E-state index contributed by atoms with van der Waals surface area (Å²) in [5.41, 5.74) is 3.67. The van der Waals surface area contributed by atoms with Gasteiger partial charge in [0.25, 0.3) is 0 Å². The maximum absolute atomic E-state index is 12.7. The number of para-hydroxylation sites is 3. The lowest BCUT2D eigenvalue weighted by Crippen LogP contribution is -2.39. The lowest BCUT2D eigenvalue weighted by molar-refractivity contribution is -0.117. The number of rotatable bonds is 4. The lowest BCUT2D eigenvalue weighted by atomic mass is 9.89. The molecule has 5 heteroatoms. The first-order valence-corrected chi connectivity index (χ1v) is 9.84. The van der Waals surface area contributed by atoms with Crippen LogP contribution in [0.25, 0.3) is 22.4 Å². The van der Waals surface area contributed by atoms with Crippen molar-refractivity contribution >= 4 is 22.6 Å². The summed E-state index contributed by atoms with van der Waals surface area (Å²) in [4.78, 5) is 20.7. The van der Waals surface area contributed by atoms with Crippen molar-refractivity contribution in [3.8, 4) is 11.4 Å². The minimum Gasteiger partial charge on any atom is -0.338 e. The maximum atomic E-state index is 12.7. The van der Waals surface area contributed by atoms with Gasteiger partial charge < -0.3 is 15.6 Å². The van der Waals surface area contributed by atoms with Gasteiger partial charge in [0.2, 0.25) is 5.91 Å². The van der Waals surface area contributed by atoms with Crippen LogP contribution in [0.3, 0.4) is 0 Å². The molecule has 2 bridgehead atoms. The van der Waals surface area contributed by atoms with E-state index in [0.717, 1.165) is 41.0 Å². The number of aromatic nitrogens is 2. The van der Waals surface area contributed by atoms with E-state index in [9.17, 15) is 4.79 Å². The van der Waals surface area contributed by atoms with Crippen molar-refractivity contribution in [3.63, 3.8) is 0 Å². The number of imidazole rings is 1. The van der Waals surface area contributed by atoms with E-state index >= 15 is 0 Å². The Hall–Kier alpha value is -2.66. The molecule has 1 amide bonds. The van der Waals surface area contributed by atoms with Gasteiger partial charge in [0.15, 0.2) is 0 Å². The molecular weight excluding hydrogens is 336 g/mol. The maximum Gasteiger partial charge on any atom is 0.224 e. The first-order valence-electron chi connectivity index (χ1n) is 9.84. The number of benzene rings is 2. The predicted octanol–water partition coefficient (Wildman–Crippen LogP) is 4.09. The molecule has 2 aromatic carbocycles. The number of carbonyl (C=O) groups is 1. The fraction of sp³-hybridized carbons (Fsp3) is 0.364. The van der Waals surface area contributed by atoms with Crippen LogP contribution in [0, 0.1) is 5.92 Å². The van der Waals surface area contributed by atoms with Gasteiger partial charge in [0, 0.05) is 24.1 Å². The van der Waals surface area contributed by atoms with Gasteiger partial charge in [-0.25, -0.2) is 4.98 Å². The van der Waals surface area contributed by atoms with E-state index in [4.69, 9.17) is 0 Å². The minimum atomic E-state index is 0.102. The van der Waals surface area contributed by atoms with Gasteiger partial charge in [-0.05, 0) is 55.9 Å². The Morgan fingerprint density at radius 3 is 2.59 bits per heavy atom. The molecule has 138 valence electrons. The van der Waals surface area contributed by atoms with Gasteiger partial charge >= 0.3 is 0 Å². The van der Waals surface area contributed by atoms with Crippen LogP contribution in [0.1, 0.15) is 32.1 Å². The number of fused-ring (bicyclic) bond motifs is 3. The zero-order valence-electron chi connectivity index (χ0n) is 15.2. The van der Waals surface area contributed by atoms with Gasteiger partial charge in [-0.1, -0.05) is 24.3 Å². The van der Waals surface area contributed by atoms with Crippen LogP contribution in [0.15, 0.2) is 48.5 Å². The van der Waals surface area contributed by atoms with Crippen molar-refractivity contribution in [1.29, 1.82) is 0 Å². The normalized spacial score (nSPS) is 24.2. The minimum absolute atomic E-state index is 0.102. The van der Waals surface area contributed by atoms with E-state index in [1.54, 1.807) is 0 Å². The van der Waals surface area contributed by atoms with Crippen molar-refractivity contribution in [3.05, 3.63) is 48.5 Å². The number of H-pyrrole nitrogens is 1. The zero-order valence-corrected chi connectivity index (χ0v) is 15.2. The molecule has 3 aromatic rings. The average Bonchev–Trinajstić information content (AvgIpc) is 3.25. The summed E-state index contributed by atoms with van der Waals surface area (Å²) in [6.07, 6.45) is 5.36. The van der Waals surface area contributed by atoms with Crippen molar-refractivity contribution in [2.75, 3.05) is 5.32 Å². The van der Waals surface area contributed by atoms with Gasteiger partial charge in [-0.15, -0.1) is 0 Å². The highest BCUT2D eigenvalue weighted by atomic mass is 16.1. The second-order valence-corrected chi connectivity index (χ2v) is 7.88. The van der Waals surface area contributed by atoms with Crippen LogP contribution < -0.4 is 10.6 Å². The molecular formula is C22H24N4O. The number of hydrogen-bond donors (Lipinski definition) is 3. The summed E-state index contributed by atoms with van der Waals surface area (Å²) in [6, 6.07) is 17.1. The number of anilines is 1. The third-order valence-electron chi connectivity index (χ3n) is 5.89. The Bertz CT molecular complexity index is 934. The molecule has 3 heterocycles. The Morgan fingerprint density at radius 1 is 1.04 bits per heavy atom. The largest absolute Gasteiger partial charge is 0.338 e. The first kappa shape index (κ1) is 16.5. The first-order chi connectivity index (χ1) is 13.2. The van der Waals surface area contributed by atoms with E-state index in [1.807, 2.05) is 48.5 Å². The van der Waals surface area contributed by atoms with Crippen molar-refractivity contribution < 1.29 is 4.79 Å². The SMILES string of the molecule is O=C(CC1CC2CCC(C1)N2)Nc1ccccc1-c1nc2ccccc2[nH]1. The summed E-state index contributed by atoms with van der Waals surface area (Å²) < 4.78 is 0. The second-order valence-electron chi connectivity index (χ2n) is 7.88. The van der Waals surface area contributed by atoms with Gasteiger partial charge in [0.05, 0.1) is 16.7 Å². The Kier molecular flexibility index (Phi) is 4.17. The number of aromatic amines is 1. The molecule has 0 aliphatic carbocycles. The molecule has 27 heavy (non-hydrogen) atoms. The molecule has 2 aliphatic heterocycles. The smallest absolute Gasteiger partial charge is 0.224 e. The fourth-order valence-electron chi connectivity index (χ4n) is 4.68. The van der Waals surface area contributed by atoms with Gasteiger partial charge in [-0.3, -0.25) is 4.79 Å². The molecule has 0 radical (unpaired) electrons. The van der Waals surface area contributed by atoms with Crippen LogP contribution in [-0.2, 0) is 4.79 Å². The van der Waals surface area contributed by atoms with E-state index in [0.29, 0.717) is 24.4 Å². The number of carbonyl (C=O) groups excluding carboxylic acids is 1. The molecule has 5 rings (SSSR count).